The molecule has 3 heteroatoms. The first kappa shape index (κ1) is 16.6. The van der Waals surface area contributed by atoms with Crippen molar-refractivity contribution in [2.45, 2.75) is 46.2 Å². The molecule has 112 valence electrons. The van der Waals surface area contributed by atoms with Crippen LogP contribution in [-0.2, 0) is 6.54 Å². The summed E-state index contributed by atoms with van der Waals surface area (Å²) in [6.45, 7) is 13.8. The van der Waals surface area contributed by atoms with Crippen LogP contribution in [0.3, 0.4) is 0 Å². The minimum Gasteiger partial charge on any atom is -0.493 e. The first-order valence-electron chi connectivity index (χ1n) is 7.07. The van der Waals surface area contributed by atoms with Crippen LogP contribution < -0.4 is 14.8 Å². The number of hydrogen-bond acceptors (Lipinski definition) is 3. The Morgan fingerprint density at radius 3 is 2.50 bits per heavy atom. The molecule has 0 radical (unpaired) electrons. The van der Waals surface area contributed by atoms with E-state index < -0.39 is 0 Å². The molecule has 3 nitrogen and oxygen atoms in total. The lowest BCUT2D eigenvalue weighted by molar-refractivity contribution is 0.316. The minimum absolute atomic E-state index is 0.0947. The highest BCUT2D eigenvalue weighted by atomic mass is 16.5. The molecule has 0 atom stereocenters. The van der Waals surface area contributed by atoms with Crippen LogP contribution in [0.2, 0.25) is 0 Å². The molecule has 0 amide bonds. The highest BCUT2D eigenvalue weighted by Crippen LogP contribution is 2.28. The van der Waals surface area contributed by atoms with E-state index in [1.54, 1.807) is 7.11 Å². The predicted molar refractivity (Wildman–Crippen MR) is 84.5 cm³/mol. The molecule has 0 aliphatic rings. The highest BCUT2D eigenvalue weighted by Gasteiger charge is 2.10. The zero-order chi connectivity index (χ0) is 15.2. The van der Waals surface area contributed by atoms with Gasteiger partial charge in [0.15, 0.2) is 11.5 Å². The van der Waals surface area contributed by atoms with Gasteiger partial charge in [-0.15, -0.1) is 0 Å². The van der Waals surface area contributed by atoms with Crippen molar-refractivity contribution in [3.05, 3.63) is 35.9 Å². The summed E-state index contributed by atoms with van der Waals surface area (Å²) in [5, 5.41) is 3.46. The molecular weight excluding hydrogens is 250 g/mol. The average molecular weight is 277 g/mol. The van der Waals surface area contributed by atoms with E-state index in [9.17, 15) is 0 Å². The molecule has 0 aliphatic carbocycles. The van der Waals surface area contributed by atoms with Gasteiger partial charge in [-0.25, -0.2) is 0 Å². The third kappa shape index (κ3) is 5.66. The van der Waals surface area contributed by atoms with Gasteiger partial charge >= 0.3 is 0 Å². The van der Waals surface area contributed by atoms with Crippen molar-refractivity contribution >= 4 is 0 Å². The van der Waals surface area contributed by atoms with Crippen LogP contribution in [0.1, 0.15) is 39.7 Å². The normalized spacial score (nSPS) is 11.2. The van der Waals surface area contributed by atoms with Gasteiger partial charge < -0.3 is 14.8 Å². The van der Waals surface area contributed by atoms with Crippen molar-refractivity contribution in [1.29, 1.82) is 0 Å². The maximum Gasteiger partial charge on any atom is 0.161 e. The van der Waals surface area contributed by atoms with Crippen LogP contribution in [0.25, 0.3) is 0 Å². The molecule has 20 heavy (non-hydrogen) atoms. The lowest BCUT2D eigenvalue weighted by Crippen LogP contribution is -2.35. The Morgan fingerprint density at radius 2 is 1.95 bits per heavy atom. The zero-order valence-electron chi connectivity index (χ0n) is 13.4. The number of ether oxygens (including phenoxy) is 2. The Labute approximate surface area is 123 Å². The third-order valence-corrected chi connectivity index (χ3v) is 2.98. The van der Waals surface area contributed by atoms with Gasteiger partial charge in [0.1, 0.15) is 6.61 Å². The molecule has 1 aromatic carbocycles. The van der Waals surface area contributed by atoms with Crippen LogP contribution in [-0.4, -0.2) is 19.3 Å². The maximum absolute atomic E-state index is 5.80. The highest BCUT2D eigenvalue weighted by molar-refractivity contribution is 5.43. The Morgan fingerprint density at radius 1 is 1.25 bits per heavy atom. The van der Waals surface area contributed by atoms with Crippen LogP contribution in [0.5, 0.6) is 11.5 Å². The summed E-state index contributed by atoms with van der Waals surface area (Å²) >= 11 is 0. The van der Waals surface area contributed by atoms with Crippen LogP contribution in [0.15, 0.2) is 30.4 Å². The summed E-state index contributed by atoms with van der Waals surface area (Å²) in [6, 6.07) is 6.03. The number of hydrogen-bond donors (Lipinski definition) is 1. The van der Waals surface area contributed by atoms with Crippen LogP contribution in [0.4, 0.5) is 0 Å². The minimum atomic E-state index is 0.0947. The van der Waals surface area contributed by atoms with E-state index in [-0.39, 0.29) is 5.54 Å². The third-order valence-electron chi connectivity index (χ3n) is 2.98. The molecule has 0 saturated heterocycles. The van der Waals surface area contributed by atoms with Gasteiger partial charge in [0.2, 0.25) is 0 Å². The molecule has 1 N–H and O–H groups in total. The van der Waals surface area contributed by atoms with Gasteiger partial charge in [0.05, 0.1) is 7.11 Å². The number of nitrogens with one attached hydrogen (secondary N) is 1. The van der Waals surface area contributed by atoms with Crippen molar-refractivity contribution in [3.63, 3.8) is 0 Å². The number of rotatable bonds is 7. The summed E-state index contributed by atoms with van der Waals surface area (Å²) in [4.78, 5) is 0. The van der Waals surface area contributed by atoms with Crippen LogP contribution >= 0.6 is 0 Å². The Bertz CT molecular complexity index is 447. The van der Waals surface area contributed by atoms with Crippen molar-refractivity contribution in [1.82, 2.24) is 5.32 Å². The molecule has 1 rings (SSSR count). The van der Waals surface area contributed by atoms with Gasteiger partial charge in [-0.1, -0.05) is 19.6 Å². The van der Waals surface area contributed by atoms with Crippen molar-refractivity contribution < 1.29 is 9.47 Å². The van der Waals surface area contributed by atoms with E-state index in [4.69, 9.17) is 9.47 Å². The quantitative estimate of drug-likeness (QED) is 0.766. The first-order valence-corrected chi connectivity index (χ1v) is 7.07. The Kier molecular flexibility index (Phi) is 6.08. The van der Waals surface area contributed by atoms with Crippen molar-refractivity contribution in [2.24, 2.45) is 0 Å². The summed E-state index contributed by atoms with van der Waals surface area (Å²) in [5.41, 5.74) is 2.35. The maximum atomic E-state index is 5.80. The van der Waals surface area contributed by atoms with E-state index >= 15 is 0 Å². The lowest BCUT2D eigenvalue weighted by Gasteiger charge is -2.21. The van der Waals surface area contributed by atoms with Gasteiger partial charge in [-0.3, -0.25) is 0 Å². The van der Waals surface area contributed by atoms with E-state index in [1.807, 2.05) is 12.1 Å². The van der Waals surface area contributed by atoms with Crippen LogP contribution in [0, 0.1) is 0 Å². The average Bonchev–Trinajstić information content (AvgIpc) is 2.41. The molecule has 0 unspecified atom stereocenters. The first-order chi connectivity index (χ1) is 9.35. The van der Waals surface area contributed by atoms with Crippen molar-refractivity contribution in [2.75, 3.05) is 13.7 Å². The van der Waals surface area contributed by atoms with Gasteiger partial charge in [0, 0.05) is 12.1 Å². The fourth-order valence-corrected chi connectivity index (χ4v) is 1.59. The van der Waals surface area contributed by atoms with E-state index in [2.05, 4.69) is 45.7 Å². The largest absolute Gasteiger partial charge is 0.493 e. The summed E-state index contributed by atoms with van der Waals surface area (Å²) in [7, 11) is 1.66. The molecule has 0 heterocycles. The van der Waals surface area contributed by atoms with Gasteiger partial charge in [0.25, 0.3) is 0 Å². The zero-order valence-corrected chi connectivity index (χ0v) is 13.4. The molecule has 1 aromatic rings. The van der Waals surface area contributed by atoms with Gasteiger partial charge in [-0.05, 0) is 50.5 Å². The topological polar surface area (TPSA) is 30.5 Å². The molecule has 0 aromatic heterocycles. The SMILES string of the molecule is C=C(CC)COc1cc(CNC(C)(C)C)ccc1OC. The second-order valence-corrected chi connectivity index (χ2v) is 5.98. The van der Waals surface area contributed by atoms with Gasteiger partial charge in [-0.2, -0.15) is 0 Å². The van der Waals surface area contributed by atoms with E-state index in [0.29, 0.717) is 6.61 Å². The Hall–Kier alpha value is -1.48. The fourth-order valence-electron chi connectivity index (χ4n) is 1.59. The molecule has 0 spiro atoms. The lowest BCUT2D eigenvalue weighted by atomic mass is 10.1. The van der Waals surface area contributed by atoms with E-state index in [1.165, 1.54) is 5.56 Å². The molecule has 0 fully saturated rings. The number of benzene rings is 1. The number of methoxy groups -OCH3 is 1. The summed E-state index contributed by atoms with van der Waals surface area (Å²) in [5.74, 6) is 1.53. The van der Waals surface area contributed by atoms with Crippen molar-refractivity contribution in [3.8, 4) is 11.5 Å². The second kappa shape index (κ2) is 7.34. The fraction of sp³-hybridized carbons (Fsp3) is 0.529. The molecule has 0 aliphatic heterocycles. The summed E-state index contributed by atoms with van der Waals surface area (Å²) in [6.07, 6.45) is 0.924. The standard InChI is InChI=1S/C17H27NO2/c1-7-13(2)12-20-16-10-14(8-9-15(16)19-6)11-18-17(3,4)5/h8-10,18H,2,7,11-12H2,1,3-6H3. The molecule has 0 saturated carbocycles. The monoisotopic (exact) mass is 277 g/mol. The second-order valence-electron chi connectivity index (χ2n) is 5.98. The summed E-state index contributed by atoms with van der Waals surface area (Å²) < 4.78 is 11.1. The molecule has 0 bridgehead atoms. The molecular formula is C17H27NO2. The Balaban J connectivity index is 2.77. The van der Waals surface area contributed by atoms with E-state index in [0.717, 1.165) is 30.0 Å². The predicted octanol–water partition coefficient (Wildman–Crippen LogP) is 3.93. The smallest absolute Gasteiger partial charge is 0.161 e.